The summed E-state index contributed by atoms with van der Waals surface area (Å²) in [5.74, 6) is 3.62. The molecule has 218 valence electrons. The summed E-state index contributed by atoms with van der Waals surface area (Å²) in [5, 5.41) is 0. The van der Waals surface area contributed by atoms with E-state index in [0.717, 1.165) is 39.3 Å². The summed E-state index contributed by atoms with van der Waals surface area (Å²) >= 11 is 13.2. The van der Waals surface area contributed by atoms with Crippen molar-refractivity contribution in [3.63, 3.8) is 0 Å². The van der Waals surface area contributed by atoms with Crippen molar-refractivity contribution in [2.75, 3.05) is 39.3 Å². The monoisotopic (exact) mass is 736 g/mol. The molecule has 10 heteroatoms. The van der Waals surface area contributed by atoms with Gasteiger partial charge in [0.2, 0.25) is 0 Å². The third-order valence-corrected chi connectivity index (χ3v) is 29.3. The van der Waals surface area contributed by atoms with Gasteiger partial charge in [0.1, 0.15) is 0 Å². The van der Waals surface area contributed by atoms with E-state index < -0.39 is 16.0 Å². The second-order valence-electron chi connectivity index (χ2n) is 12.4. The summed E-state index contributed by atoms with van der Waals surface area (Å²) < 4.78 is 3.52. The molecule has 0 bridgehead atoms. The first-order chi connectivity index (χ1) is 17.0. The summed E-state index contributed by atoms with van der Waals surface area (Å²) in [6, 6.07) is 0. The van der Waals surface area contributed by atoms with Gasteiger partial charge in [-0.2, -0.15) is 0 Å². The summed E-state index contributed by atoms with van der Waals surface area (Å²) in [6.07, 6.45) is 0. The van der Waals surface area contributed by atoms with Crippen LogP contribution < -0.4 is 0 Å². The third-order valence-electron chi connectivity index (χ3n) is 4.79. The fraction of sp³-hybridized carbons (Fsp3) is 0.889. The van der Waals surface area contributed by atoms with E-state index in [1.807, 2.05) is 26.5 Å². The zero-order chi connectivity index (χ0) is 28.9. The quantitative estimate of drug-likeness (QED) is 0.0863. The molecule has 0 unspecified atom stereocenters. The maximum absolute atomic E-state index is 5.11. The molecule has 0 spiro atoms. The van der Waals surface area contributed by atoms with Crippen molar-refractivity contribution < 1.29 is 0 Å². The maximum atomic E-state index is 5.11. The number of nitrogens with zero attached hydrogens (tertiary/aromatic N) is 3. The Kier molecular flexibility index (Phi) is 22.0. The molecule has 0 amide bonds. The molecule has 0 rings (SSSR count). The van der Waals surface area contributed by atoms with Crippen molar-refractivity contribution >= 4 is 92.2 Å². The van der Waals surface area contributed by atoms with Gasteiger partial charge in [-0.15, -0.1) is 0 Å². The summed E-state index contributed by atoms with van der Waals surface area (Å²) in [7, 11) is 6.08. The molecule has 0 heterocycles. The zero-order valence-electron chi connectivity index (χ0n) is 25.6. The van der Waals surface area contributed by atoms with Gasteiger partial charge in [-0.05, 0) is 0 Å². The number of thiol groups is 3. The Balaban J connectivity index is 5.93. The van der Waals surface area contributed by atoms with Crippen LogP contribution in [0.5, 0.6) is 0 Å². The van der Waals surface area contributed by atoms with Gasteiger partial charge in [-0.25, -0.2) is 0 Å². The van der Waals surface area contributed by atoms with Gasteiger partial charge in [0, 0.05) is 0 Å². The molecular formula is C27H57N3S6Sb+3. The molecule has 0 aromatic rings. The van der Waals surface area contributed by atoms with Crippen molar-refractivity contribution in [1.29, 1.82) is 0 Å². The predicted octanol–water partition coefficient (Wildman–Crippen LogP) is 6.11. The molecule has 0 aliphatic carbocycles. The first-order valence-electron chi connectivity index (χ1n) is 13.8. The van der Waals surface area contributed by atoms with E-state index in [2.05, 4.69) is 97.8 Å². The second-order valence-corrected chi connectivity index (χ2v) is 34.3. The Bertz CT molecular complexity index is 565. The number of hydrogen-bond donors (Lipinski definition) is 0. The Morgan fingerprint density at radius 2 is 0.595 bits per heavy atom. The molecule has 0 fully saturated rings. The molecule has 0 aliphatic heterocycles. The Hall–Kier alpha value is 2.02. The average Bonchev–Trinajstić information content (AvgIpc) is 2.70. The molecule has 37 heavy (non-hydrogen) atoms. The zero-order valence-corrected chi connectivity index (χ0v) is 33.2. The van der Waals surface area contributed by atoms with Gasteiger partial charge >= 0.3 is 265 Å². The normalized spacial score (nSPS) is 12.8. The van der Waals surface area contributed by atoms with Crippen LogP contribution in [0, 0.1) is 35.5 Å². The van der Waals surface area contributed by atoms with Crippen molar-refractivity contribution in [2.45, 2.75) is 83.1 Å². The number of rotatable bonds is 15. The minimum atomic E-state index is -2.12. The van der Waals surface area contributed by atoms with Gasteiger partial charge in [-0.3, -0.25) is 0 Å². The van der Waals surface area contributed by atoms with Crippen molar-refractivity contribution in [3.8, 4) is 0 Å². The van der Waals surface area contributed by atoms with Crippen LogP contribution >= 0.6 is 26.5 Å². The summed E-state index contributed by atoms with van der Waals surface area (Å²) in [6.45, 7) is 33.8. The molecular weight excluding hydrogens is 680 g/mol. The SMILES string of the molecule is CC(C)CN(CC(C)C)C(=[SH+])[S][Sb]([S]C(=[SH+])N(CC(C)C)CC(C)C)[S]C(=[SH+])N(CC(C)C)CC(C)C. The molecule has 0 saturated heterocycles. The van der Waals surface area contributed by atoms with E-state index in [-0.39, 0.29) is 0 Å². The van der Waals surface area contributed by atoms with Gasteiger partial charge in [0.05, 0.1) is 0 Å². The van der Waals surface area contributed by atoms with Crippen molar-refractivity contribution in [3.05, 3.63) is 0 Å². The molecule has 0 saturated carbocycles. The Morgan fingerprint density at radius 3 is 0.730 bits per heavy atom. The summed E-state index contributed by atoms with van der Waals surface area (Å²) in [4.78, 5) is 7.49. The van der Waals surface area contributed by atoms with E-state index in [0.29, 0.717) is 35.5 Å². The first kappa shape index (κ1) is 39.0. The number of hydrogen-bond acceptors (Lipinski definition) is 3. The first-order valence-corrected chi connectivity index (χ1v) is 26.8. The second kappa shape index (κ2) is 20.8. The van der Waals surface area contributed by atoms with Crippen LogP contribution in [0.2, 0.25) is 0 Å². The molecule has 0 N–H and O–H groups in total. The van der Waals surface area contributed by atoms with Crippen LogP contribution in [0.15, 0.2) is 0 Å². The van der Waals surface area contributed by atoms with Crippen LogP contribution in [0.1, 0.15) is 83.1 Å². The van der Waals surface area contributed by atoms with Crippen LogP contribution in [0.3, 0.4) is 0 Å². The van der Waals surface area contributed by atoms with Crippen LogP contribution in [-0.2, 0) is 36.7 Å². The summed E-state index contributed by atoms with van der Waals surface area (Å²) in [5.41, 5.74) is 0. The third kappa shape index (κ3) is 19.7. The topological polar surface area (TPSA) is 9.72 Å². The average molecular weight is 738 g/mol. The van der Waals surface area contributed by atoms with E-state index in [1.165, 1.54) is 13.0 Å². The van der Waals surface area contributed by atoms with E-state index in [1.54, 1.807) is 0 Å². The molecule has 3 nitrogen and oxygen atoms in total. The van der Waals surface area contributed by atoms with E-state index in [4.69, 9.17) is 36.7 Å². The standard InChI is InChI=1S/3C9H19NS2.Sb/c3*1-7(2)5-10(9(11)12)6-8(3)4;/h3*7-8H,5-6H2,1-4H3,(H,11,12);/q;;;+3. The van der Waals surface area contributed by atoms with Gasteiger partial charge in [-0.1, -0.05) is 0 Å². The van der Waals surface area contributed by atoms with Crippen molar-refractivity contribution in [1.82, 2.24) is 14.7 Å². The van der Waals surface area contributed by atoms with Crippen molar-refractivity contribution in [2.24, 2.45) is 35.5 Å². The van der Waals surface area contributed by atoms with Crippen LogP contribution in [0.4, 0.5) is 0 Å². The van der Waals surface area contributed by atoms with E-state index >= 15 is 0 Å². The Labute approximate surface area is 262 Å². The molecule has 0 atom stereocenters. The minimum absolute atomic E-state index is 0.603. The Morgan fingerprint density at radius 1 is 0.432 bits per heavy atom. The van der Waals surface area contributed by atoms with Crippen LogP contribution in [0.25, 0.3) is 0 Å². The van der Waals surface area contributed by atoms with Gasteiger partial charge < -0.3 is 0 Å². The van der Waals surface area contributed by atoms with Gasteiger partial charge in [0.25, 0.3) is 0 Å². The molecule has 0 aromatic heterocycles. The fourth-order valence-electron chi connectivity index (χ4n) is 3.77. The predicted molar refractivity (Wildman–Crippen MR) is 194 cm³/mol. The fourth-order valence-corrected chi connectivity index (χ4v) is 35.3. The molecule has 0 aliphatic rings. The molecule has 0 aromatic carbocycles. The molecule has 0 radical (unpaired) electrons. The van der Waals surface area contributed by atoms with Gasteiger partial charge in [0.15, 0.2) is 0 Å². The van der Waals surface area contributed by atoms with Crippen LogP contribution in [-0.4, -0.2) is 82.9 Å². The van der Waals surface area contributed by atoms with E-state index in [9.17, 15) is 0 Å².